The molecule has 8 heavy (non-hydrogen) atoms. The smallest absolute Gasteiger partial charge is 0.00589 e. The van der Waals surface area contributed by atoms with E-state index in [0.717, 1.165) is 6.42 Å². The minimum Gasteiger partial charge on any atom is -0.102 e. The van der Waals surface area contributed by atoms with Crippen LogP contribution in [-0.2, 0) is 0 Å². The maximum Gasteiger partial charge on any atom is -0.00589 e. The summed E-state index contributed by atoms with van der Waals surface area (Å²) in [5, 5.41) is 0. The Labute approximate surface area is 51.9 Å². The topological polar surface area (TPSA) is 0 Å². The maximum atomic E-state index is 3.70. The van der Waals surface area contributed by atoms with Gasteiger partial charge in [-0.1, -0.05) is 25.2 Å². The molecular formula is C8H14. The van der Waals surface area contributed by atoms with Gasteiger partial charge in [-0.15, -0.1) is 6.58 Å². The van der Waals surface area contributed by atoms with Crippen LogP contribution in [0.4, 0.5) is 0 Å². The third kappa shape index (κ3) is 2.62. The Bertz CT molecular complexity index is 80.0. The monoisotopic (exact) mass is 110 g/mol. The van der Waals surface area contributed by atoms with E-state index in [1.165, 1.54) is 0 Å². The quantitative estimate of drug-likeness (QED) is 0.490. The molecule has 0 saturated heterocycles. The highest BCUT2D eigenvalue weighted by Gasteiger charge is 1.89. The summed E-state index contributed by atoms with van der Waals surface area (Å²) in [4.78, 5) is 0. The van der Waals surface area contributed by atoms with Crippen LogP contribution in [0, 0.1) is 5.92 Å². The van der Waals surface area contributed by atoms with Crippen LogP contribution < -0.4 is 0 Å². The number of hydrogen-bond acceptors (Lipinski definition) is 0. The fourth-order valence-corrected chi connectivity index (χ4v) is 0.629. The van der Waals surface area contributed by atoms with Gasteiger partial charge in [-0.3, -0.25) is 0 Å². The Balaban J connectivity index is 3.52. The molecule has 0 heteroatoms. The Kier molecular flexibility index (Phi) is 4.33. The Morgan fingerprint density at radius 1 is 1.62 bits per heavy atom. The van der Waals surface area contributed by atoms with Crippen LogP contribution in [0.5, 0.6) is 0 Å². The molecule has 0 aromatic carbocycles. The van der Waals surface area contributed by atoms with Gasteiger partial charge in [-0.05, 0) is 19.3 Å². The molecule has 0 spiro atoms. The summed E-state index contributed by atoms with van der Waals surface area (Å²) < 4.78 is 0. The molecule has 0 aromatic heterocycles. The normalized spacial score (nSPS) is 14.2. The Morgan fingerprint density at radius 3 is 2.38 bits per heavy atom. The van der Waals surface area contributed by atoms with Crippen molar-refractivity contribution in [3.63, 3.8) is 0 Å². The molecule has 1 atom stereocenters. The molecule has 0 aliphatic rings. The SMILES string of the molecule is C=C[C@@H](/C=C/C)CC. The van der Waals surface area contributed by atoms with E-state index in [1.807, 2.05) is 13.0 Å². The Hall–Kier alpha value is -0.520. The van der Waals surface area contributed by atoms with Crippen molar-refractivity contribution in [1.29, 1.82) is 0 Å². The molecule has 0 saturated carbocycles. The van der Waals surface area contributed by atoms with Crippen LogP contribution in [0.25, 0.3) is 0 Å². The lowest BCUT2D eigenvalue weighted by atomic mass is 10.1. The molecule has 46 valence electrons. The van der Waals surface area contributed by atoms with Crippen LogP contribution in [-0.4, -0.2) is 0 Å². The summed E-state index contributed by atoms with van der Waals surface area (Å²) in [6.07, 6.45) is 7.36. The lowest BCUT2D eigenvalue weighted by Crippen LogP contribution is -1.84. The highest BCUT2D eigenvalue weighted by molar-refractivity contribution is 4.94. The zero-order chi connectivity index (χ0) is 6.41. The first-order valence-corrected chi connectivity index (χ1v) is 3.10. The van der Waals surface area contributed by atoms with Crippen molar-refractivity contribution in [2.45, 2.75) is 20.3 Å². The van der Waals surface area contributed by atoms with Crippen LogP contribution in [0.1, 0.15) is 20.3 Å². The van der Waals surface area contributed by atoms with Crippen molar-refractivity contribution >= 4 is 0 Å². The lowest BCUT2D eigenvalue weighted by Gasteiger charge is -1.98. The third-order valence-electron chi connectivity index (χ3n) is 1.21. The van der Waals surface area contributed by atoms with E-state index in [-0.39, 0.29) is 0 Å². The minimum atomic E-state index is 0.583. The zero-order valence-electron chi connectivity index (χ0n) is 5.72. The molecule has 0 bridgehead atoms. The molecule has 0 unspecified atom stereocenters. The molecule has 0 aromatic rings. The van der Waals surface area contributed by atoms with Crippen molar-refractivity contribution in [1.82, 2.24) is 0 Å². The lowest BCUT2D eigenvalue weighted by molar-refractivity contribution is 0.775. The second kappa shape index (κ2) is 4.63. The zero-order valence-corrected chi connectivity index (χ0v) is 5.72. The summed E-state index contributed by atoms with van der Waals surface area (Å²) in [5.74, 6) is 0.583. The Morgan fingerprint density at radius 2 is 2.25 bits per heavy atom. The van der Waals surface area contributed by atoms with E-state index in [0.29, 0.717) is 5.92 Å². The second-order valence-electron chi connectivity index (χ2n) is 1.83. The van der Waals surface area contributed by atoms with E-state index in [1.54, 1.807) is 0 Å². The van der Waals surface area contributed by atoms with E-state index < -0.39 is 0 Å². The van der Waals surface area contributed by atoms with Gasteiger partial charge in [0, 0.05) is 0 Å². The van der Waals surface area contributed by atoms with E-state index in [2.05, 4.69) is 25.7 Å². The van der Waals surface area contributed by atoms with Crippen LogP contribution in [0.15, 0.2) is 24.8 Å². The van der Waals surface area contributed by atoms with E-state index in [4.69, 9.17) is 0 Å². The fraction of sp³-hybridized carbons (Fsp3) is 0.500. The molecule has 0 nitrogen and oxygen atoms in total. The summed E-state index contributed by atoms with van der Waals surface area (Å²) in [5.41, 5.74) is 0. The summed E-state index contributed by atoms with van der Waals surface area (Å²) in [7, 11) is 0. The van der Waals surface area contributed by atoms with Gasteiger partial charge in [0.15, 0.2) is 0 Å². The second-order valence-corrected chi connectivity index (χ2v) is 1.83. The van der Waals surface area contributed by atoms with Gasteiger partial charge in [0.1, 0.15) is 0 Å². The first-order valence-electron chi connectivity index (χ1n) is 3.10. The molecule has 0 amide bonds. The molecule has 0 N–H and O–H groups in total. The standard InChI is InChI=1S/C8H14/c1-4-7-8(5-2)6-3/h4-5,7-8H,2,6H2,1,3H3/b7-4+/t8-/m1/s1. The highest BCUT2D eigenvalue weighted by Crippen LogP contribution is 2.03. The van der Waals surface area contributed by atoms with Crippen LogP contribution >= 0.6 is 0 Å². The van der Waals surface area contributed by atoms with Gasteiger partial charge in [0.25, 0.3) is 0 Å². The largest absolute Gasteiger partial charge is 0.102 e. The predicted molar refractivity (Wildman–Crippen MR) is 38.8 cm³/mol. The molecule has 0 aliphatic heterocycles. The summed E-state index contributed by atoms with van der Waals surface area (Å²) in [6.45, 7) is 7.89. The van der Waals surface area contributed by atoms with Gasteiger partial charge in [-0.2, -0.15) is 0 Å². The highest BCUT2D eigenvalue weighted by atomic mass is 13.9. The molecule has 0 heterocycles. The first-order chi connectivity index (χ1) is 3.85. The van der Waals surface area contributed by atoms with E-state index in [9.17, 15) is 0 Å². The molecule has 0 rings (SSSR count). The van der Waals surface area contributed by atoms with Crippen molar-refractivity contribution < 1.29 is 0 Å². The summed E-state index contributed by atoms with van der Waals surface area (Å²) in [6, 6.07) is 0. The number of rotatable bonds is 3. The van der Waals surface area contributed by atoms with Gasteiger partial charge in [0.05, 0.1) is 0 Å². The maximum absolute atomic E-state index is 3.70. The average Bonchev–Trinajstić information content (AvgIpc) is 1.83. The van der Waals surface area contributed by atoms with Gasteiger partial charge >= 0.3 is 0 Å². The van der Waals surface area contributed by atoms with Crippen LogP contribution in [0.2, 0.25) is 0 Å². The number of hydrogen-bond donors (Lipinski definition) is 0. The van der Waals surface area contributed by atoms with Crippen molar-refractivity contribution in [3.8, 4) is 0 Å². The molecule has 0 fully saturated rings. The molecule has 0 radical (unpaired) electrons. The number of allylic oxidation sites excluding steroid dienone is 3. The third-order valence-corrected chi connectivity index (χ3v) is 1.21. The van der Waals surface area contributed by atoms with Crippen molar-refractivity contribution in [2.24, 2.45) is 5.92 Å². The fourth-order valence-electron chi connectivity index (χ4n) is 0.629. The minimum absolute atomic E-state index is 0.583. The van der Waals surface area contributed by atoms with Crippen LogP contribution in [0.3, 0.4) is 0 Å². The van der Waals surface area contributed by atoms with Crippen molar-refractivity contribution in [2.75, 3.05) is 0 Å². The average molecular weight is 110 g/mol. The van der Waals surface area contributed by atoms with Gasteiger partial charge in [0.2, 0.25) is 0 Å². The molecular weight excluding hydrogens is 96.1 g/mol. The first kappa shape index (κ1) is 7.48. The molecule has 0 aliphatic carbocycles. The summed E-state index contributed by atoms with van der Waals surface area (Å²) >= 11 is 0. The van der Waals surface area contributed by atoms with Crippen molar-refractivity contribution in [3.05, 3.63) is 24.8 Å². The van der Waals surface area contributed by atoms with E-state index >= 15 is 0 Å². The predicted octanol–water partition coefficient (Wildman–Crippen LogP) is 2.77. The van der Waals surface area contributed by atoms with Gasteiger partial charge < -0.3 is 0 Å². The van der Waals surface area contributed by atoms with Gasteiger partial charge in [-0.25, -0.2) is 0 Å².